The van der Waals surface area contributed by atoms with Crippen molar-refractivity contribution in [2.75, 3.05) is 0 Å². The van der Waals surface area contributed by atoms with Gasteiger partial charge in [-0.2, -0.15) is 0 Å². The molecule has 0 aliphatic rings. The summed E-state index contributed by atoms with van der Waals surface area (Å²) >= 11 is 0. The summed E-state index contributed by atoms with van der Waals surface area (Å²) in [5, 5.41) is 11.0. The number of hydrogen-bond acceptors (Lipinski definition) is 2. The lowest BCUT2D eigenvalue weighted by molar-refractivity contribution is -0.138. The fraction of sp³-hybridized carbons (Fsp3) is 0.167. The molecule has 1 atom stereocenters. The van der Waals surface area contributed by atoms with Crippen LogP contribution >= 0.6 is 0 Å². The highest BCUT2D eigenvalue weighted by Gasteiger charge is 2.14. The highest BCUT2D eigenvalue weighted by Crippen LogP contribution is 2.03. The lowest BCUT2D eigenvalue weighted by Crippen LogP contribution is -2.38. The Labute approximate surface area is 93.3 Å². The fourth-order valence-corrected chi connectivity index (χ4v) is 1.06. The van der Waals surface area contributed by atoms with Crippen molar-refractivity contribution in [2.24, 2.45) is 0 Å². The number of carbonyl (C=O) groups is 2. The maximum Gasteiger partial charge on any atom is 0.325 e. The van der Waals surface area contributed by atoms with Gasteiger partial charge in [-0.1, -0.05) is 5.92 Å². The van der Waals surface area contributed by atoms with Gasteiger partial charge in [0.15, 0.2) is 0 Å². The van der Waals surface area contributed by atoms with Crippen LogP contribution in [0.4, 0.5) is 0 Å². The number of benzene rings is 1. The molecule has 16 heavy (non-hydrogen) atoms. The van der Waals surface area contributed by atoms with Crippen LogP contribution in [-0.2, 0) is 4.79 Å². The maximum atomic E-state index is 11.5. The molecular weight excluding hydrogens is 206 g/mol. The number of terminal acetylenes is 1. The molecule has 1 aromatic rings. The quantitative estimate of drug-likeness (QED) is 0.738. The lowest BCUT2D eigenvalue weighted by atomic mass is 10.1. The zero-order chi connectivity index (χ0) is 12.1. The van der Waals surface area contributed by atoms with E-state index in [1.165, 1.54) is 6.92 Å². The van der Waals surface area contributed by atoms with E-state index in [0.717, 1.165) is 0 Å². The van der Waals surface area contributed by atoms with Crippen molar-refractivity contribution < 1.29 is 14.7 Å². The van der Waals surface area contributed by atoms with Crippen molar-refractivity contribution in [2.45, 2.75) is 13.0 Å². The van der Waals surface area contributed by atoms with Crippen LogP contribution < -0.4 is 5.32 Å². The highest BCUT2D eigenvalue weighted by atomic mass is 16.4. The smallest absolute Gasteiger partial charge is 0.325 e. The molecular formula is C12H11NO3. The molecule has 0 radical (unpaired) electrons. The summed E-state index contributed by atoms with van der Waals surface area (Å²) in [6.45, 7) is 1.40. The molecule has 0 bridgehead atoms. The van der Waals surface area contributed by atoms with Crippen LogP contribution in [0.3, 0.4) is 0 Å². The van der Waals surface area contributed by atoms with Crippen molar-refractivity contribution in [3.05, 3.63) is 35.4 Å². The van der Waals surface area contributed by atoms with Crippen LogP contribution in [0.15, 0.2) is 24.3 Å². The van der Waals surface area contributed by atoms with Crippen LogP contribution in [0.5, 0.6) is 0 Å². The number of nitrogens with one attached hydrogen (secondary N) is 1. The Morgan fingerprint density at radius 3 is 2.38 bits per heavy atom. The summed E-state index contributed by atoms with van der Waals surface area (Å²) in [5.74, 6) is 0.919. The van der Waals surface area contributed by atoms with Crippen molar-refractivity contribution in [1.29, 1.82) is 0 Å². The number of carbonyl (C=O) groups excluding carboxylic acids is 1. The Bertz CT molecular complexity index is 442. The van der Waals surface area contributed by atoms with Crippen molar-refractivity contribution in [3.63, 3.8) is 0 Å². The van der Waals surface area contributed by atoms with Gasteiger partial charge in [0.05, 0.1) is 0 Å². The molecule has 0 aliphatic heterocycles. The van der Waals surface area contributed by atoms with Crippen LogP contribution in [0.1, 0.15) is 22.8 Å². The van der Waals surface area contributed by atoms with E-state index in [4.69, 9.17) is 11.5 Å². The van der Waals surface area contributed by atoms with E-state index in [0.29, 0.717) is 11.1 Å². The number of carboxylic acids is 1. The largest absolute Gasteiger partial charge is 0.480 e. The van der Waals surface area contributed by atoms with Gasteiger partial charge in [-0.25, -0.2) is 0 Å². The molecule has 0 saturated heterocycles. The average molecular weight is 217 g/mol. The van der Waals surface area contributed by atoms with Crippen LogP contribution in [0.2, 0.25) is 0 Å². The SMILES string of the molecule is C#Cc1ccc(C(=O)N[C@@H](C)C(=O)O)cc1. The molecule has 1 rings (SSSR count). The zero-order valence-corrected chi connectivity index (χ0v) is 8.73. The minimum Gasteiger partial charge on any atom is -0.480 e. The predicted octanol–water partition coefficient (Wildman–Crippen LogP) is 0.871. The topological polar surface area (TPSA) is 66.4 Å². The first-order chi connectivity index (χ1) is 7.54. The van der Waals surface area contributed by atoms with Gasteiger partial charge in [-0.3, -0.25) is 9.59 Å². The van der Waals surface area contributed by atoms with Gasteiger partial charge >= 0.3 is 5.97 Å². The molecule has 0 unspecified atom stereocenters. The molecule has 82 valence electrons. The van der Waals surface area contributed by atoms with E-state index >= 15 is 0 Å². The Kier molecular flexibility index (Phi) is 3.67. The Hall–Kier alpha value is -2.28. The van der Waals surface area contributed by atoms with Gasteiger partial charge in [-0.05, 0) is 31.2 Å². The van der Waals surface area contributed by atoms with Crippen molar-refractivity contribution in [3.8, 4) is 12.3 Å². The van der Waals surface area contributed by atoms with Crippen LogP contribution in [0.25, 0.3) is 0 Å². The minimum absolute atomic E-state index is 0.382. The molecule has 4 nitrogen and oxygen atoms in total. The zero-order valence-electron chi connectivity index (χ0n) is 8.73. The monoisotopic (exact) mass is 217 g/mol. The molecule has 4 heteroatoms. The van der Waals surface area contributed by atoms with Crippen LogP contribution in [-0.4, -0.2) is 23.0 Å². The van der Waals surface area contributed by atoms with Gasteiger partial charge in [0, 0.05) is 11.1 Å². The lowest BCUT2D eigenvalue weighted by Gasteiger charge is -2.08. The normalized spacial score (nSPS) is 11.2. The molecule has 0 spiro atoms. The standard InChI is InChI=1S/C12H11NO3/c1-3-9-4-6-10(7-5-9)11(14)13-8(2)12(15)16/h1,4-8H,2H3,(H,13,14)(H,15,16)/t8-/m0/s1. The number of hydrogen-bond donors (Lipinski definition) is 2. The second kappa shape index (κ2) is 4.99. The second-order valence-electron chi connectivity index (χ2n) is 3.26. The third-order valence-electron chi connectivity index (χ3n) is 2.03. The molecule has 0 aliphatic carbocycles. The van der Waals surface area contributed by atoms with E-state index in [1.54, 1.807) is 24.3 Å². The molecule has 0 aromatic heterocycles. The Balaban J connectivity index is 2.74. The van der Waals surface area contributed by atoms with Gasteiger partial charge in [-0.15, -0.1) is 6.42 Å². The summed E-state index contributed by atoms with van der Waals surface area (Å²) in [4.78, 5) is 22.1. The van der Waals surface area contributed by atoms with Gasteiger partial charge in [0.2, 0.25) is 0 Å². The molecule has 0 heterocycles. The first-order valence-electron chi connectivity index (χ1n) is 4.65. The maximum absolute atomic E-state index is 11.5. The first kappa shape index (κ1) is 11.8. The summed E-state index contributed by atoms with van der Waals surface area (Å²) < 4.78 is 0. The number of aliphatic carboxylic acids is 1. The van der Waals surface area contributed by atoms with E-state index in [2.05, 4.69) is 11.2 Å². The van der Waals surface area contributed by atoms with Gasteiger partial charge in [0.25, 0.3) is 5.91 Å². The molecule has 0 saturated carbocycles. The minimum atomic E-state index is -1.08. The van der Waals surface area contributed by atoms with Crippen molar-refractivity contribution in [1.82, 2.24) is 5.32 Å². The van der Waals surface area contributed by atoms with E-state index < -0.39 is 17.9 Å². The van der Waals surface area contributed by atoms with E-state index in [-0.39, 0.29) is 0 Å². The predicted molar refractivity (Wildman–Crippen MR) is 58.9 cm³/mol. The Morgan fingerprint density at radius 1 is 1.38 bits per heavy atom. The average Bonchev–Trinajstić information content (AvgIpc) is 2.28. The number of carboxylic acid groups (broad SMARTS) is 1. The number of amides is 1. The summed E-state index contributed by atoms with van der Waals surface area (Å²) in [6, 6.07) is 5.44. The van der Waals surface area contributed by atoms with Gasteiger partial charge < -0.3 is 10.4 Å². The van der Waals surface area contributed by atoms with Gasteiger partial charge in [0.1, 0.15) is 6.04 Å². The van der Waals surface area contributed by atoms with Crippen LogP contribution in [0, 0.1) is 12.3 Å². The molecule has 1 amide bonds. The fourth-order valence-electron chi connectivity index (χ4n) is 1.06. The third-order valence-corrected chi connectivity index (χ3v) is 2.03. The summed E-state index contributed by atoms with van der Waals surface area (Å²) in [7, 11) is 0. The summed E-state index contributed by atoms with van der Waals surface area (Å²) in [5.41, 5.74) is 1.05. The molecule has 2 N–H and O–H groups in total. The number of rotatable bonds is 3. The van der Waals surface area contributed by atoms with Crippen molar-refractivity contribution >= 4 is 11.9 Å². The Morgan fingerprint density at radius 2 is 1.94 bits per heavy atom. The van der Waals surface area contributed by atoms with E-state index in [9.17, 15) is 9.59 Å². The molecule has 0 fully saturated rings. The third kappa shape index (κ3) is 2.85. The second-order valence-corrected chi connectivity index (χ2v) is 3.26. The summed E-state index contributed by atoms with van der Waals surface area (Å²) in [6.07, 6.45) is 5.17. The van der Waals surface area contributed by atoms with E-state index in [1.807, 2.05) is 0 Å². The highest BCUT2D eigenvalue weighted by molar-refractivity contribution is 5.96. The first-order valence-corrected chi connectivity index (χ1v) is 4.65. The molecule has 1 aromatic carbocycles.